The summed E-state index contributed by atoms with van der Waals surface area (Å²) in [6, 6.07) is 12.5. The van der Waals surface area contributed by atoms with Gasteiger partial charge in [-0.05, 0) is 55.0 Å². The minimum atomic E-state index is -0.636. The highest BCUT2D eigenvalue weighted by atomic mass is 19.1. The van der Waals surface area contributed by atoms with Crippen LogP contribution in [0.4, 0.5) is 10.1 Å². The van der Waals surface area contributed by atoms with Crippen molar-refractivity contribution in [3.05, 3.63) is 66.0 Å². The average molecular weight is 343 g/mol. The van der Waals surface area contributed by atoms with E-state index < -0.39 is 24.3 Å². The summed E-state index contributed by atoms with van der Waals surface area (Å²) >= 11 is 0. The van der Waals surface area contributed by atoms with Gasteiger partial charge >= 0.3 is 5.97 Å². The number of amides is 1. The van der Waals surface area contributed by atoms with Gasteiger partial charge in [-0.1, -0.05) is 12.1 Å². The highest BCUT2D eigenvalue weighted by molar-refractivity contribution is 5.94. The second-order valence-electron chi connectivity index (χ2n) is 5.00. The van der Waals surface area contributed by atoms with Crippen LogP contribution in [0.15, 0.2) is 54.6 Å². The molecule has 0 saturated carbocycles. The van der Waals surface area contributed by atoms with Crippen LogP contribution in [-0.4, -0.2) is 25.1 Å². The molecule has 0 spiro atoms. The minimum Gasteiger partial charge on any atom is -0.494 e. The fraction of sp³-hybridized carbons (Fsp3) is 0.158. The standard InChI is InChI=1S/C19H18FNO4/c1-2-24-17-10-3-14(4-11-17)5-12-19(23)25-13-18(22)21-16-8-6-15(20)7-9-16/h3-12H,2,13H2,1H3,(H,21,22)/b12-5+. The number of benzene rings is 2. The molecule has 6 heteroatoms. The van der Waals surface area contributed by atoms with Crippen LogP contribution in [0.2, 0.25) is 0 Å². The quantitative estimate of drug-likeness (QED) is 0.618. The van der Waals surface area contributed by atoms with E-state index in [-0.39, 0.29) is 0 Å². The molecule has 0 unspecified atom stereocenters. The number of rotatable bonds is 7. The van der Waals surface area contributed by atoms with E-state index in [0.29, 0.717) is 12.3 Å². The van der Waals surface area contributed by atoms with E-state index in [1.54, 1.807) is 30.3 Å². The summed E-state index contributed by atoms with van der Waals surface area (Å²) in [5, 5.41) is 2.50. The second-order valence-corrected chi connectivity index (χ2v) is 5.00. The number of esters is 1. The van der Waals surface area contributed by atoms with E-state index in [0.717, 1.165) is 11.3 Å². The number of carbonyl (C=O) groups excluding carboxylic acids is 2. The summed E-state index contributed by atoms with van der Waals surface area (Å²) < 4.78 is 22.9. The van der Waals surface area contributed by atoms with Gasteiger partial charge in [0.25, 0.3) is 5.91 Å². The van der Waals surface area contributed by atoms with Crippen LogP contribution in [0.25, 0.3) is 6.08 Å². The van der Waals surface area contributed by atoms with Crippen LogP contribution >= 0.6 is 0 Å². The van der Waals surface area contributed by atoms with Crippen molar-refractivity contribution < 1.29 is 23.5 Å². The molecule has 0 saturated heterocycles. The van der Waals surface area contributed by atoms with E-state index >= 15 is 0 Å². The highest BCUT2D eigenvalue weighted by Crippen LogP contribution is 2.13. The van der Waals surface area contributed by atoms with Gasteiger partial charge in [0.15, 0.2) is 6.61 Å². The van der Waals surface area contributed by atoms with Gasteiger partial charge in [-0.3, -0.25) is 4.79 Å². The third-order valence-corrected chi connectivity index (χ3v) is 3.08. The van der Waals surface area contributed by atoms with Gasteiger partial charge in [-0.25, -0.2) is 9.18 Å². The Bertz CT molecular complexity index is 739. The Morgan fingerprint density at radius 1 is 1.08 bits per heavy atom. The van der Waals surface area contributed by atoms with E-state index in [2.05, 4.69) is 5.32 Å². The maximum absolute atomic E-state index is 12.8. The number of anilines is 1. The molecule has 0 aromatic heterocycles. The molecule has 0 atom stereocenters. The molecular formula is C19H18FNO4. The average Bonchev–Trinajstić information content (AvgIpc) is 2.61. The Morgan fingerprint density at radius 3 is 2.40 bits per heavy atom. The summed E-state index contributed by atoms with van der Waals surface area (Å²) in [6.07, 6.45) is 2.82. The number of halogens is 1. The van der Waals surface area contributed by atoms with E-state index in [4.69, 9.17) is 9.47 Å². The molecule has 2 aromatic carbocycles. The number of nitrogens with one attached hydrogen (secondary N) is 1. The van der Waals surface area contributed by atoms with E-state index in [1.165, 1.54) is 30.3 Å². The van der Waals surface area contributed by atoms with Crippen LogP contribution in [-0.2, 0) is 14.3 Å². The van der Waals surface area contributed by atoms with E-state index in [1.807, 2.05) is 6.92 Å². The van der Waals surface area contributed by atoms with Gasteiger partial charge in [0.2, 0.25) is 0 Å². The topological polar surface area (TPSA) is 64.6 Å². The number of hydrogen-bond donors (Lipinski definition) is 1. The van der Waals surface area contributed by atoms with Crippen molar-refractivity contribution in [1.82, 2.24) is 0 Å². The molecule has 2 rings (SSSR count). The molecule has 0 aliphatic carbocycles. The van der Waals surface area contributed by atoms with Gasteiger partial charge in [0.05, 0.1) is 6.61 Å². The molecule has 25 heavy (non-hydrogen) atoms. The zero-order valence-electron chi connectivity index (χ0n) is 13.7. The second kappa shape index (κ2) is 9.22. The summed E-state index contributed by atoms with van der Waals surface area (Å²) in [7, 11) is 0. The SMILES string of the molecule is CCOc1ccc(/C=C/C(=O)OCC(=O)Nc2ccc(F)cc2)cc1. The van der Waals surface area contributed by atoms with Crippen molar-refractivity contribution in [1.29, 1.82) is 0 Å². The van der Waals surface area contributed by atoms with Gasteiger partial charge < -0.3 is 14.8 Å². The third kappa shape index (κ3) is 6.47. The molecule has 0 bridgehead atoms. The number of ether oxygens (including phenoxy) is 2. The van der Waals surface area contributed by atoms with Crippen LogP contribution < -0.4 is 10.1 Å². The molecule has 0 radical (unpaired) electrons. The molecule has 0 fully saturated rings. The molecular weight excluding hydrogens is 325 g/mol. The normalized spacial score (nSPS) is 10.5. The minimum absolute atomic E-state index is 0.399. The maximum Gasteiger partial charge on any atom is 0.331 e. The Balaban J connectivity index is 1.77. The third-order valence-electron chi connectivity index (χ3n) is 3.08. The summed E-state index contributed by atoms with van der Waals surface area (Å²) in [6.45, 7) is 2.06. The zero-order chi connectivity index (χ0) is 18.1. The first-order valence-corrected chi connectivity index (χ1v) is 7.70. The molecule has 1 N–H and O–H groups in total. The summed E-state index contributed by atoms with van der Waals surface area (Å²) in [4.78, 5) is 23.3. The van der Waals surface area contributed by atoms with Crippen LogP contribution in [0.1, 0.15) is 12.5 Å². The van der Waals surface area contributed by atoms with Gasteiger partial charge in [0.1, 0.15) is 11.6 Å². The van der Waals surface area contributed by atoms with Crippen LogP contribution in [0.3, 0.4) is 0 Å². The summed E-state index contributed by atoms with van der Waals surface area (Å²) in [5.74, 6) is -0.791. The lowest BCUT2D eigenvalue weighted by Gasteiger charge is -2.05. The fourth-order valence-corrected chi connectivity index (χ4v) is 1.92. The smallest absolute Gasteiger partial charge is 0.331 e. The first-order chi connectivity index (χ1) is 12.1. The first kappa shape index (κ1) is 18.2. The van der Waals surface area contributed by atoms with Gasteiger partial charge in [-0.15, -0.1) is 0 Å². The van der Waals surface area contributed by atoms with E-state index in [9.17, 15) is 14.0 Å². The lowest BCUT2D eigenvalue weighted by molar-refractivity contribution is -0.142. The molecule has 2 aromatic rings. The molecule has 1 amide bonds. The lowest BCUT2D eigenvalue weighted by atomic mass is 10.2. The van der Waals surface area contributed by atoms with Crippen molar-refractivity contribution in [2.45, 2.75) is 6.92 Å². The Hall–Kier alpha value is -3.15. The highest BCUT2D eigenvalue weighted by Gasteiger charge is 2.05. The van der Waals surface area contributed by atoms with Crippen molar-refractivity contribution in [2.24, 2.45) is 0 Å². The van der Waals surface area contributed by atoms with Gasteiger partial charge in [0, 0.05) is 11.8 Å². The zero-order valence-corrected chi connectivity index (χ0v) is 13.7. The Morgan fingerprint density at radius 2 is 1.76 bits per heavy atom. The van der Waals surface area contributed by atoms with Crippen molar-refractivity contribution >= 4 is 23.6 Å². The Labute approximate surface area is 145 Å². The molecule has 5 nitrogen and oxygen atoms in total. The predicted molar refractivity (Wildman–Crippen MR) is 92.6 cm³/mol. The molecule has 0 heterocycles. The van der Waals surface area contributed by atoms with Crippen molar-refractivity contribution in [3.8, 4) is 5.75 Å². The molecule has 0 aliphatic rings. The van der Waals surface area contributed by atoms with Crippen LogP contribution in [0.5, 0.6) is 5.75 Å². The largest absolute Gasteiger partial charge is 0.494 e. The van der Waals surface area contributed by atoms with Gasteiger partial charge in [-0.2, -0.15) is 0 Å². The fourth-order valence-electron chi connectivity index (χ4n) is 1.92. The monoisotopic (exact) mass is 343 g/mol. The predicted octanol–water partition coefficient (Wildman–Crippen LogP) is 3.42. The lowest BCUT2D eigenvalue weighted by Crippen LogP contribution is -2.20. The van der Waals surface area contributed by atoms with Crippen molar-refractivity contribution in [2.75, 3.05) is 18.5 Å². The Kier molecular flexibility index (Phi) is 6.71. The molecule has 0 aliphatic heterocycles. The first-order valence-electron chi connectivity index (χ1n) is 7.70. The molecule has 130 valence electrons. The number of hydrogen-bond acceptors (Lipinski definition) is 4. The number of carbonyl (C=O) groups is 2. The van der Waals surface area contributed by atoms with Crippen molar-refractivity contribution in [3.63, 3.8) is 0 Å². The summed E-state index contributed by atoms with van der Waals surface area (Å²) in [5.41, 5.74) is 1.23. The maximum atomic E-state index is 12.8. The van der Waals surface area contributed by atoms with Crippen LogP contribution in [0, 0.1) is 5.82 Å².